The summed E-state index contributed by atoms with van der Waals surface area (Å²) in [5.74, 6) is -0.141. The maximum atomic E-state index is 14.7. The molecule has 1 saturated heterocycles. The number of amides is 3. The fraction of sp³-hybridized carbons (Fsp3) is 0.643. The van der Waals surface area contributed by atoms with E-state index in [0.29, 0.717) is 48.1 Å². The van der Waals surface area contributed by atoms with Gasteiger partial charge in [-0.05, 0) is 76.0 Å². The van der Waals surface area contributed by atoms with Gasteiger partial charge < -0.3 is 40.4 Å². The summed E-state index contributed by atoms with van der Waals surface area (Å²) in [7, 11) is -2.09. The molecule has 58 heavy (non-hydrogen) atoms. The monoisotopic (exact) mass is 842 g/mol. The molecule has 7 atom stereocenters. The number of hydrogen-bond acceptors (Lipinski definition) is 11. The number of ether oxygens (including phenoxy) is 3. The normalized spacial score (nSPS) is 25.8. The van der Waals surface area contributed by atoms with Gasteiger partial charge >= 0.3 is 6.09 Å². The molecule has 0 aromatic carbocycles. The quantitative estimate of drug-likeness (QED) is 0.0603. The molecule has 1 aliphatic heterocycles. The molecule has 2 heterocycles. The first-order chi connectivity index (χ1) is 27.3. The lowest BCUT2D eigenvalue weighted by atomic mass is 9.85. The second-order valence-corrected chi connectivity index (χ2v) is 21.3. The largest absolute Gasteiger partial charge is 0.501 e. The van der Waals surface area contributed by atoms with Crippen LogP contribution in [0, 0.1) is 11.3 Å². The Labute approximate surface area is 347 Å². The van der Waals surface area contributed by atoms with Gasteiger partial charge in [0, 0.05) is 49.0 Å². The van der Waals surface area contributed by atoms with E-state index < -0.39 is 54.0 Å². The minimum atomic E-state index is -3.71. The molecule has 14 nitrogen and oxygen atoms in total. The first kappa shape index (κ1) is 45.4. The molecule has 16 heteroatoms. The Kier molecular flexibility index (Phi) is 14.7. The van der Waals surface area contributed by atoms with Crippen LogP contribution in [0.2, 0.25) is 0 Å². The summed E-state index contributed by atoms with van der Waals surface area (Å²) in [6.45, 7) is 17.2. The lowest BCUT2D eigenvalue weighted by molar-refractivity contribution is -0.141. The van der Waals surface area contributed by atoms with Crippen molar-refractivity contribution in [1.82, 2.24) is 20.5 Å². The smallest absolute Gasteiger partial charge is 0.408 e. The molecular weight excluding hydrogens is 780 g/mol. The first-order valence-electron chi connectivity index (χ1n) is 20.5. The summed E-state index contributed by atoms with van der Waals surface area (Å²) < 4.78 is 31.3. The molecule has 0 radical (unpaired) electrons. The number of nitrogens with zero attached hydrogens (tertiary/aromatic N) is 3. The molecule has 3 aliphatic carbocycles. The van der Waals surface area contributed by atoms with Crippen molar-refractivity contribution in [3.8, 4) is 5.75 Å². The summed E-state index contributed by atoms with van der Waals surface area (Å²) in [6.07, 6.45) is 8.37. The summed E-state index contributed by atoms with van der Waals surface area (Å²) in [5, 5.41) is 7.03. The van der Waals surface area contributed by atoms with E-state index in [0.717, 1.165) is 37.0 Å². The topological polar surface area (TPSA) is 195 Å². The van der Waals surface area contributed by atoms with Gasteiger partial charge in [-0.25, -0.2) is 14.8 Å². The van der Waals surface area contributed by atoms with Gasteiger partial charge in [0.05, 0.1) is 47.0 Å². The fourth-order valence-electron chi connectivity index (χ4n) is 8.01. The molecular formula is C42H63N6O8PS. The average molecular weight is 843 g/mol. The van der Waals surface area contributed by atoms with Crippen molar-refractivity contribution in [2.45, 2.75) is 141 Å². The molecule has 3 amide bonds. The number of alkyl carbamates (subject to hydrolysis) is 1. The number of pyridine rings is 1. The summed E-state index contributed by atoms with van der Waals surface area (Å²) in [4.78, 5) is 63.5. The van der Waals surface area contributed by atoms with Crippen LogP contribution in [-0.2, 0) is 30.0 Å². The highest BCUT2D eigenvalue weighted by Gasteiger charge is 2.62. The van der Waals surface area contributed by atoms with E-state index in [1.54, 1.807) is 26.2 Å². The Bertz CT molecular complexity index is 1860. The third kappa shape index (κ3) is 10.6. The standard InChI is InChI=1S/C42H63N6O8PS/c1-10-27-21-42(27,57(52,53)11-2)24-44-38(49)35-19-30(22-48(35)39(50)37(41(6,7)8)47-40(51)56-28-14-12-13-15-28)55-36-20-34(32(43)23-58-26(5)45-25(3)4)46-33-18-29(54-9)16-17-31(33)36/h10,18,20,23-28,30,35,37,45H,1,11-17,19,21-22,43H2,2-9H3,(H,47,51)(H,52,53)/b32-23-,44-24?/t26?,27?,30-,35+,37-,42-/m1/s1. The number of nitrogens with one attached hydrogen (secondary N) is 2. The van der Waals surface area contributed by atoms with Gasteiger partial charge in [-0.3, -0.25) is 14.2 Å². The number of likely N-dealkylation sites (tertiary alicyclic amines) is 1. The van der Waals surface area contributed by atoms with Gasteiger partial charge in [0.2, 0.25) is 13.3 Å². The zero-order valence-electron chi connectivity index (χ0n) is 35.3. The van der Waals surface area contributed by atoms with E-state index in [1.807, 2.05) is 32.3 Å². The summed E-state index contributed by atoms with van der Waals surface area (Å²) in [5.41, 5.74) is 8.30. The van der Waals surface area contributed by atoms with Crippen LogP contribution in [0.5, 0.6) is 5.75 Å². The van der Waals surface area contributed by atoms with E-state index in [9.17, 15) is 23.8 Å². The highest BCUT2D eigenvalue weighted by Crippen LogP contribution is 2.69. The molecule has 1 aromatic heterocycles. The molecule has 3 fully saturated rings. The molecule has 0 spiro atoms. The fourth-order valence-corrected chi connectivity index (χ4v) is 10.8. The third-order valence-corrected chi connectivity index (χ3v) is 15.2. The number of methoxy groups -OCH3 is 1. The molecule has 4 aliphatic rings. The van der Waals surface area contributed by atoms with Gasteiger partial charge in [-0.15, -0.1) is 18.3 Å². The van der Waals surface area contributed by atoms with Gasteiger partial charge in [0.25, 0.3) is 5.91 Å². The van der Waals surface area contributed by atoms with Crippen LogP contribution in [0.25, 0.3) is 11.8 Å². The van der Waals surface area contributed by atoms with Crippen LogP contribution in [0.3, 0.4) is 0 Å². The lowest BCUT2D eigenvalue weighted by Crippen LogP contribution is -2.57. The first-order valence-corrected chi connectivity index (χ1v) is 23.2. The van der Waals surface area contributed by atoms with Gasteiger partial charge in [-0.2, -0.15) is 0 Å². The van der Waals surface area contributed by atoms with E-state index in [4.69, 9.17) is 24.9 Å². The van der Waals surface area contributed by atoms with Crippen molar-refractivity contribution in [2.24, 2.45) is 22.1 Å². The van der Waals surface area contributed by atoms with Crippen LogP contribution in [-0.4, -0.2) is 99.6 Å². The molecule has 320 valence electrons. The highest BCUT2D eigenvalue weighted by molar-refractivity contribution is 8.02. The van der Waals surface area contributed by atoms with Crippen molar-refractivity contribution in [3.05, 3.63) is 46.8 Å². The predicted molar refractivity (Wildman–Crippen MR) is 230 cm³/mol. The number of fused-ring (bicyclic) bond motifs is 1. The Morgan fingerprint density at radius 1 is 1.21 bits per heavy atom. The summed E-state index contributed by atoms with van der Waals surface area (Å²) >= 11 is 1.54. The Hall–Kier alpha value is -3.65. The SMILES string of the molecule is C=CC1C[C@]1(C=NC(=O)[C@@H]1C[C@@H](Oc2cc(/C(N)=C/SC(C)NC(C)C)nc3c2CCC(OC)=C3)CN1C(=O)[C@@H](NC(=O)OC1CCCC1)C(C)(C)C)P(=O)(O)CC. The summed E-state index contributed by atoms with van der Waals surface area (Å²) in [6, 6.07) is -0.0457. The number of carbonyl (C=O) groups is 3. The molecule has 2 saturated carbocycles. The second-order valence-electron chi connectivity index (χ2n) is 17.2. The van der Waals surface area contributed by atoms with E-state index in [1.165, 1.54) is 22.9 Å². The molecule has 5 rings (SSSR count). The number of nitrogens with two attached hydrogens (primary N) is 1. The van der Waals surface area contributed by atoms with Crippen molar-refractivity contribution in [1.29, 1.82) is 0 Å². The number of rotatable bonds is 16. The zero-order valence-corrected chi connectivity index (χ0v) is 37.0. The zero-order chi connectivity index (χ0) is 42.6. The Morgan fingerprint density at radius 2 is 1.91 bits per heavy atom. The van der Waals surface area contributed by atoms with Crippen LogP contribution in [0.15, 0.2) is 34.9 Å². The number of carbonyl (C=O) groups excluding carboxylic acids is 3. The predicted octanol–water partition coefficient (Wildman–Crippen LogP) is 6.61. The van der Waals surface area contributed by atoms with Crippen LogP contribution < -0.4 is 21.1 Å². The van der Waals surface area contributed by atoms with E-state index in [2.05, 4.69) is 43.0 Å². The maximum Gasteiger partial charge on any atom is 0.408 e. The second kappa shape index (κ2) is 18.7. The highest BCUT2D eigenvalue weighted by atomic mass is 32.2. The molecule has 1 aromatic rings. The van der Waals surface area contributed by atoms with Crippen LogP contribution >= 0.6 is 19.1 Å². The van der Waals surface area contributed by atoms with E-state index >= 15 is 0 Å². The number of aromatic nitrogens is 1. The number of thioether (sulfide) groups is 1. The van der Waals surface area contributed by atoms with Gasteiger partial charge in [0.15, 0.2) is 0 Å². The molecule has 3 unspecified atom stereocenters. The van der Waals surface area contributed by atoms with Crippen LogP contribution in [0.4, 0.5) is 4.79 Å². The third-order valence-electron chi connectivity index (χ3n) is 11.4. The minimum Gasteiger partial charge on any atom is -0.501 e. The van der Waals surface area contributed by atoms with Gasteiger partial charge in [0.1, 0.15) is 30.0 Å². The number of hydrogen-bond donors (Lipinski definition) is 4. The number of allylic oxidation sites excluding steroid dienone is 2. The average Bonchev–Trinajstić information content (AvgIpc) is 3.42. The molecule has 5 N–H and O–H groups in total. The van der Waals surface area contributed by atoms with Crippen LogP contribution in [0.1, 0.15) is 110 Å². The molecule has 0 bridgehead atoms. The Morgan fingerprint density at radius 3 is 2.52 bits per heavy atom. The van der Waals surface area contributed by atoms with Crippen molar-refractivity contribution in [3.63, 3.8) is 0 Å². The minimum absolute atomic E-state index is 0.00964. The van der Waals surface area contributed by atoms with Crippen molar-refractivity contribution >= 4 is 55.0 Å². The van der Waals surface area contributed by atoms with Gasteiger partial charge in [-0.1, -0.05) is 33.8 Å². The van der Waals surface area contributed by atoms with Crippen molar-refractivity contribution in [2.75, 3.05) is 19.8 Å². The Balaban J connectivity index is 1.48. The van der Waals surface area contributed by atoms with E-state index in [-0.39, 0.29) is 36.5 Å². The lowest BCUT2D eigenvalue weighted by Gasteiger charge is -2.35. The maximum absolute atomic E-state index is 14.7. The number of aliphatic imine (C=N–C) groups is 1. The van der Waals surface area contributed by atoms with Crippen molar-refractivity contribution < 1.29 is 38.1 Å².